The molecule has 2 N–H and O–H groups in total. The average Bonchev–Trinajstić information content (AvgIpc) is 2.46. The first-order valence-corrected chi connectivity index (χ1v) is 7.78. The van der Waals surface area contributed by atoms with Crippen molar-refractivity contribution in [2.24, 2.45) is 11.7 Å². The van der Waals surface area contributed by atoms with Crippen LogP contribution in [0.15, 0.2) is 6.20 Å². The van der Waals surface area contributed by atoms with Crippen LogP contribution in [-0.4, -0.2) is 39.9 Å². The minimum atomic E-state index is 0.0454. The number of amides is 1. The molecule has 0 radical (unpaired) electrons. The largest absolute Gasteiger partial charge is 0.338 e. The Morgan fingerprint density at radius 1 is 1.43 bits per heavy atom. The van der Waals surface area contributed by atoms with Crippen molar-refractivity contribution in [3.63, 3.8) is 0 Å². The second kappa shape index (κ2) is 6.52. The van der Waals surface area contributed by atoms with Crippen molar-refractivity contribution in [3.05, 3.63) is 23.3 Å². The van der Waals surface area contributed by atoms with Crippen molar-refractivity contribution >= 4 is 5.91 Å². The van der Waals surface area contributed by atoms with Gasteiger partial charge >= 0.3 is 0 Å². The SMILES string of the molecule is Cc1ncc(C(=O)N2CCC[C@H]([C@H](C)N)C2)c(C(C)C)n1. The Balaban J connectivity index is 2.23. The molecule has 1 aromatic heterocycles. The number of likely N-dealkylation sites (tertiary alicyclic amines) is 1. The Labute approximate surface area is 127 Å². The summed E-state index contributed by atoms with van der Waals surface area (Å²) in [7, 11) is 0. The van der Waals surface area contributed by atoms with Gasteiger partial charge in [-0.05, 0) is 38.5 Å². The molecule has 2 heterocycles. The number of nitrogens with two attached hydrogens (primary N) is 1. The monoisotopic (exact) mass is 290 g/mol. The van der Waals surface area contributed by atoms with Crippen LogP contribution in [0.5, 0.6) is 0 Å². The zero-order valence-corrected chi connectivity index (χ0v) is 13.5. The highest BCUT2D eigenvalue weighted by atomic mass is 16.2. The van der Waals surface area contributed by atoms with E-state index in [1.165, 1.54) is 0 Å². The Kier molecular flexibility index (Phi) is 4.93. The average molecular weight is 290 g/mol. The molecule has 0 aliphatic carbocycles. The predicted octanol–water partition coefficient (Wildman–Crippen LogP) is 2.11. The van der Waals surface area contributed by atoms with Crippen LogP contribution in [0.1, 0.15) is 61.4 Å². The van der Waals surface area contributed by atoms with Crippen LogP contribution < -0.4 is 5.73 Å². The summed E-state index contributed by atoms with van der Waals surface area (Å²) in [5.41, 5.74) is 7.49. The number of rotatable bonds is 3. The summed E-state index contributed by atoms with van der Waals surface area (Å²) in [5.74, 6) is 1.35. The van der Waals surface area contributed by atoms with Gasteiger partial charge in [0.25, 0.3) is 5.91 Å². The number of carbonyl (C=O) groups excluding carboxylic acids is 1. The molecule has 0 spiro atoms. The van der Waals surface area contributed by atoms with E-state index in [9.17, 15) is 4.79 Å². The quantitative estimate of drug-likeness (QED) is 0.925. The fraction of sp³-hybridized carbons (Fsp3) is 0.688. The van der Waals surface area contributed by atoms with Gasteiger partial charge in [-0.3, -0.25) is 4.79 Å². The van der Waals surface area contributed by atoms with Crippen LogP contribution in [0, 0.1) is 12.8 Å². The van der Waals surface area contributed by atoms with Crippen molar-refractivity contribution < 1.29 is 4.79 Å². The van der Waals surface area contributed by atoms with Gasteiger partial charge in [0.05, 0.1) is 11.3 Å². The Bertz CT molecular complexity index is 513. The zero-order valence-electron chi connectivity index (χ0n) is 13.5. The zero-order chi connectivity index (χ0) is 15.6. The van der Waals surface area contributed by atoms with Gasteiger partial charge in [0, 0.05) is 25.3 Å². The lowest BCUT2D eigenvalue weighted by Crippen LogP contribution is -2.45. The molecule has 1 aliphatic rings. The highest BCUT2D eigenvalue weighted by molar-refractivity contribution is 5.95. The molecule has 116 valence electrons. The van der Waals surface area contributed by atoms with E-state index < -0.39 is 0 Å². The third kappa shape index (κ3) is 3.59. The van der Waals surface area contributed by atoms with E-state index in [4.69, 9.17) is 5.73 Å². The Morgan fingerprint density at radius 3 is 2.76 bits per heavy atom. The maximum atomic E-state index is 12.8. The molecule has 0 bridgehead atoms. The maximum Gasteiger partial charge on any atom is 0.257 e. The molecule has 2 atom stereocenters. The van der Waals surface area contributed by atoms with Gasteiger partial charge in [0.1, 0.15) is 5.82 Å². The molecule has 1 saturated heterocycles. The molecule has 1 aliphatic heterocycles. The number of aryl methyl sites for hydroxylation is 1. The number of hydrogen-bond acceptors (Lipinski definition) is 4. The molecule has 5 nitrogen and oxygen atoms in total. The van der Waals surface area contributed by atoms with Gasteiger partial charge in [-0.15, -0.1) is 0 Å². The van der Waals surface area contributed by atoms with Crippen LogP contribution in [0.3, 0.4) is 0 Å². The van der Waals surface area contributed by atoms with Gasteiger partial charge in [-0.25, -0.2) is 9.97 Å². The highest BCUT2D eigenvalue weighted by Gasteiger charge is 2.28. The van der Waals surface area contributed by atoms with E-state index in [0.717, 1.165) is 31.6 Å². The number of hydrogen-bond donors (Lipinski definition) is 1. The van der Waals surface area contributed by atoms with E-state index in [1.54, 1.807) is 6.20 Å². The molecular formula is C16H26N4O. The van der Waals surface area contributed by atoms with Crippen LogP contribution in [-0.2, 0) is 0 Å². The highest BCUT2D eigenvalue weighted by Crippen LogP contribution is 2.23. The number of piperidine rings is 1. The maximum absolute atomic E-state index is 12.8. The van der Waals surface area contributed by atoms with E-state index in [-0.39, 0.29) is 17.9 Å². The van der Waals surface area contributed by atoms with E-state index >= 15 is 0 Å². The summed E-state index contributed by atoms with van der Waals surface area (Å²) in [4.78, 5) is 23.4. The predicted molar refractivity (Wildman–Crippen MR) is 83.1 cm³/mol. The molecule has 1 aromatic rings. The lowest BCUT2D eigenvalue weighted by molar-refractivity contribution is 0.0658. The van der Waals surface area contributed by atoms with Crippen molar-refractivity contribution in [2.45, 2.75) is 52.5 Å². The summed E-state index contributed by atoms with van der Waals surface area (Å²) in [5, 5.41) is 0. The number of carbonyl (C=O) groups is 1. The van der Waals surface area contributed by atoms with Gasteiger partial charge in [-0.2, -0.15) is 0 Å². The summed E-state index contributed by atoms with van der Waals surface area (Å²) >= 11 is 0. The Hall–Kier alpha value is -1.49. The molecule has 5 heteroatoms. The van der Waals surface area contributed by atoms with Crippen molar-refractivity contribution in [1.29, 1.82) is 0 Å². The molecule has 0 aromatic carbocycles. The van der Waals surface area contributed by atoms with E-state index in [1.807, 2.05) is 18.7 Å². The Morgan fingerprint density at radius 2 is 2.14 bits per heavy atom. The lowest BCUT2D eigenvalue weighted by atomic mass is 9.91. The third-order valence-corrected chi connectivity index (χ3v) is 4.20. The topological polar surface area (TPSA) is 72.1 Å². The number of nitrogens with zero attached hydrogens (tertiary/aromatic N) is 3. The van der Waals surface area contributed by atoms with Crippen molar-refractivity contribution in [3.8, 4) is 0 Å². The standard InChI is InChI=1S/C16H26N4O/c1-10(2)15-14(8-18-12(4)19-15)16(21)20-7-5-6-13(9-20)11(3)17/h8,10-11,13H,5-7,9,17H2,1-4H3/t11-,13-/m0/s1. The first-order valence-electron chi connectivity index (χ1n) is 7.78. The molecule has 1 amide bonds. The summed E-state index contributed by atoms with van der Waals surface area (Å²) in [6, 6.07) is 0.124. The minimum Gasteiger partial charge on any atom is -0.338 e. The van der Waals surface area contributed by atoms with Crippen LogP contribution in [0.2, 0.25) is 0 Å². The van der Waals surface area contributed by atoms with E-state index in [2.05, 4.69) is 23.8 Å². The molecule has 0 saturated carbocycles. The molecule has 2 rings (SSSR count). The molecule has 1 fully saturated rings. The smallest absolute Gasteiger partial charge is 0.257 e. The fourth-order valence-electron chi connectivity index (χ4n) is 2.89. The minimum absolute atomic E-state index is 0.0454. The van der Waals surface area contributed by atoms with Crippen molar-refractivity contribution in [2.75, 3.05) is 13.1 Å². The first-order chi connectivity index (χ1) is 9.90. The van der Waals surface area contributed by atoms with Crippen LogP contribution >= 0.6 is 0 Å². The van der Waals surface area contributed by atoms with Gasteiger partial charge in [-0.1, -0.05) is 13.8 Å². The molecule has 21 heavy (non-hydrogen) atoms. The summed E-state index contributed by atoms with van der Waals surface area (Å²) < 4.78 is 0. The summed E-state index contributed by atoms with van der Waals surface area (Å²) in [6.07, 6.45) is 3.79. The second-order valence-corrected chi connectivity index (χ2v) is 6.38. The van der Waals surface area contributed by atoms with Crippen LogP contribution in [0.4, 0.5) is 0 Å². The van der Waals surface area contributed by atoms with Gasteiger partial charge < -0.3 is 10.6 Å². The van der Waals surface area contributed by atoms with Crippen LogP contribution in [0.25, 0.3) is 0 Å². The summed E-state index contributed by atoms with van der Waals surface area (Å²) in [6.45, 7) is 9.52. The van der Waals surface area contributed by atoms with Gasteiger partial charge in [0.2, 0.25) is 0 Å². The third-order valence-electron chi connectivity index (χ3n) is 4.20. The second-order valence-electron chi connectivity index (χ2n) is 6.38. The lowest BCUT2D eigenvalue weighted by Gasteiger charge is -2.35. The molecule has 0 unspecified atom stereocenters. The fourth-order valence-corrected chi connectivity index (χ4v) is 2.89. The first kappa shape index (κ1) is 15.9. The number of aromatic nitrogens is 2. The van der Waals surface area contributed by atoms with Crippen molar-refractivity contribution in [1.82, 2.24) is 14.9 Å². The normalized spacial score (nSPS) is 20.7. The molecular weight excluding hydrogens is 264 g/mol. The van der Waals surface area contributed by atoms with E-state index in [0.29, 0.717) is 17.3 Å². The van der Waals surface area contributed by atoms with Gasteiger partial charge in [0.15, 0.2) is 0 Å².